The van der Waals surface area contributed by atoms with Gasteiger partial charge in [-0.25, -0.2) is 18.6 Å². The normalized spacial score (nSPS) is 10.7. The Morgan fingerprint density at radius 1 is 1.15 bits per heavy atom. The highest BCUT2D eigenvalue weighted by atomic mass is 32.2. The van der Waals surface area contributed by atoms with Gasteiger partial charge in [0.25, 0.3) is 0 Å². The van der Waals surface area contributed by atoms with Crippen LogP contribution >= 0.6 is 0 Å². The van der Waals surface area contributed by atoms with Crippen molar-refractivity contribution in [2.45, 2.75) is 18.2 Å². The van der Waals surface area contributed by atoms with Gasteiger partial charge in [0.2, 0.25) is 5.91 Å². The summed E-state index contributed by atoms with van der Waals surface area (Å²) in [6, 6.07) is 6.36. The predicted molar refractivity (Wildman–Crippen MR) is 71.5 cm³/mol. The van der Waals surface area contributed by atoms with E-state index in [9.17, 15) is 18.0 Å². The molecule has 110 valence electrons. The van der Waals surface area contributed by atoms with Crippen molar-refractivity contribution < 1.29 is 22.7 Å². The molecule has 0 spiro atoms. The van der Waals surface area contributed by atoms with Gasteiger partial charge < -0.3 is 4.74 Å². The first-order chi connectivity index (χ1) is 9.35. The van der Waals surface area contributed by atoms with Crippen molar-refractivity contribution in [3.05, 3.63) is 29.8 Å². The number of hydrogen-bond donors (Lipinski definition) is 2. The number of benzene rings is 1. The Labute approximate surface area is 117 Å². The van der Waals surface area contributed by atoms with Crippen LogP contribution in [0.2, 0.25) is 0 Å². The number of carbonyl (C=O) groups is 2. The van der Waals surface area contributed by atoms with Gasteiger partial charge in [0.1, 0.15) is 0 Å². The first-order valence-electron chi connectivity index (χ1n) is 5.77. The number of aryl methyl sites for hydroxylation is 1. The third-order valence-corrected chi connectivity index (χ3v) is 4.20. The molecule has 20 heavy (non-hydrogen) atoms. The topological polar surface area (TPSA) is 102 Å². The van der Waals surface area contributed by atoms with E-state index in [2.05, 4.69) is 4.74 Å². The maximum atomic E-state index is 12.0. The summed E-state index contributed by atoms with van der Waals surface area (Å²) in [5.74, 6) is -0.962. The van der Waals surface area contributed by atoms with E-state index < -0.39 is 21.8 Å². The van der Waals surface area contributed by atoms with Crippen molar-refractivity contribution >= 4 is 21.8 Å². The van der Waals surface area contributed by atoms with Crippen LogP contribution in [0.3, 0.4) is 0 Å². The number of hydrogen-bond acceptors (Lipinski definition) is 5. The maximum Gasteiger partial charge on any atom is 0.425 e. The van der Waals surface area contributed by atoms with Crippen molar-refractivity contribution in [3.63, 3.8) is 0 Å². The number of methoxy groups -OCH3 is 1. The summed E-state index contributed by atoms with van der Waals surface area (Å²) in [6.45, 7) is 1.85. The zero-order valence-corrected chi connectivity index (χ0v) is 12.0. The Morgan fingerprint density at radius 3 is 2.30 bits per heavy atom. The van der Waals surface area contributed by atoms with Crippen LogP contribution in [-0.4, -0.2) is 33.3 Å². The van der Waals surface area contributed by atoms with Crippen LogP contribution in [0.4, 0.5) is 4.79 Å². The summed E-state index contributed by atoms with van der Waals surface area (Å²) >= 11 is 0. The minimum atomic E-state index is -3.52. The van der Waals surface area contributed by atoms with Gasteiger partial charge in [-0.2, -0.15) is 0 Å². The van der Waals surface area contributed by atoms with Crippen LogP contribution in [0, 0.1) is 6.92 Å². The minimum Gasteiger partial charge on any atom is -0.452 e. The fraction of sp³-hybridized carbons (Fsp3) is 0.333. The zero-order valence-electron chi connectivity index (χ0n) is 11.2. The molecule has 8 heteroatoms. The molecular formula is C12H16N2O5S. The molecule has 0 heterocycles. The Kier molecular flexibility index (Phi) is 5.51. The molecule has 1 rings (SSSR count). The van der Waals surface area contributed by atoms with Gasteiger partial charge in [-0.15, -0.1) is 0 Å². The van der Waals surface area contributed by atoms with E-state index in [1.807, 2.05) is 17.8 Å². The van der Waals surface area contributed by atoms with Gasteiger partial charge in [0.05, 0.1) is 17.8 Å². The molecule has 0 saturated heterocycles. The fourth-order valence-corrected chi connectivity index (χ4v) is 2.57. The van der Waals surface area contributed by atoms with Crippen molar-refractivity contribution in [2.75, 3.05) is 12.9 Å². The first-order valence-corrected chi connectivity index (χ1v) is 7.42. The Balaban J connectivity index is 2.53. The third-order valence-electron chi connectivity index (χ3n) is 2.47. The maximum absolute atomic E-state index is 12.0. The van der Waals surface area contributed by atoms with E-state index >= 15 is 0 Å². The van der Waals surface area contributed by atoms with Crippen LogP contribution in [0.1, 0.15) is 12.0 Å². The lowest BCUT2D eigenvalue weighted by molar-refractivity contribution is -0.121. The second-order valence-corrected chi connectivity index (χ2v) is 6.16. The number of ether oxygens (including phenoxy) is 1. The largest absolute Gasteiger partial charge is 0.452 e. The fourth-order valence-electron chi connectivity index (χ4n) is 1.32. The van der Waals surface area contributed by atoms with Gasteiger partial charge in [-0.05, 0) is 19.1 Å². The van der Waals surface area contributed by atoms with Crippen LogP contribution in [0.15, 0.2) is 29.2 Å². The van der Waals surface area contributed by atoms with Gasteiger partial charge in [0.15, 0.2) is 9.84 Å². The Bertz CT molecular complexity index is 580. The molecule has 0 aliphatic carbocycles. The molecule has 0 aromatic heterocycles. The molecule has 0 radical (unpaired) electrons. The molecular weight excluding hydrogens is 284 g/mol. The minimum absolute atomic E-state index is 0.164. The third kappa shape index (κ3) is 4.88. The quantitative estimate of drug-likeness (QED) is 0.791. The summed E-state index contributed by atoms with van der Waals surface area (Å²) in [5, 5.41) is 0. The van der Waals surface area contributed by atoms with E-state index in [0.29, 0.717) is 0 Å². The lowest BCUT2D eigenvalue weighted by atomic mass is 10.2. The average molecular weight is 300 g/mol. The van der Waals surface area contributed by atoms with Crippen LogP contribution in [0.5, 0.6) is 0 Å². The van der Waals surface area contributed by atoms with Crippen LogP contribution in [0.25, 0.3) is 0 Å². The van der Waals surface area contributed by atoms with Crippen LogP contribution < -0.4 is 10.9 Å². The van der Waals surface area contributed by atoms with Gasteiger partial charge >= 0.3 is 6.09 Å². The summed E-state index contributed by atoms with van der Waals surface area (Å²) in [4.78, 5) is 22.2. The lowest BCUT2D eigenvalue weighted by Crippen LogP contribution is -2.42. The van der Waals surface area contributed by atoms with Crippen molar-refractivity contribution in [1.82, 2.24) is 10.9 Å². The number of carbonyl (C=O) groups excluding carboxylic acids is 2. The second kappa shape index (κ2) is 6.90. The van der Waals surface area contributed by atoms with Gasteiger partial charge in [-0.3, -0.25) is 10.2 Å². The van der Waals surface area contributed by atoms with Crippen LogP contribution in [-0.2, 0) is 19.4 Å². The molecule has 0 atom stereocenters. The summed E-state index contributed by atoms with van der Waals surface area (Å²) in [6.07, 6.45) is -1.10. The summed E-state index contributed by atoms with van der Waals surface area (Å²) < 4.78 is 28.1. The molecule has 0 saturated carbocycles. The molecule has 0 unspecified atom stereocenters. The molecule has 1 aromatic rings. The van der Waals surface area contributed by atoms with Crippen molar-refractivity contribution in [2.24, 2.45) is 0 Å². The molecule has 1 aromatic carbocycles. The number of rotatable bonds is 4. The monoisotopic (exact) mass is 300 g/mol. The highest BCUT2D eigenvalue weighted by Crippen LogP contribution is 2.12. The zero-order chi connectivity index (χ0) is 15.2. The smallest absolute Gasteiger partial charge is 0.425 e. The number of nitrogens with one attached hydrogen (secondary N) is 2. The summed E-state index contributed by atoms with van der Waals surface area (Å²) in [7, 11) is -2.38. The van der Waals surface area contributed by atoms with Crippen molar-refractivity contribution in [1.29, 1.82) is 0 Å². The highest BCUT2D eigenvalue weighted by molar-refractivity contribution is 7.91. The number of hydrazine groups is 1. The van der Waals surface area contributed by atoms with E-state index in [1.54, 1.807) is 12.1 Å². The Hall–Kier alpha value is -2.09. The van der Waals surface area contributed by atoms with Gasteiger partial charge in [0, 0.05) is 6.42 Å². The number of sulfone groups is 1. The lowest BCUT2D eigenvalue weighted by Gasteiger charge is -2.07. The molecule has 2 amide bonds. The first kappa shape index (κ1) is 16.0. The molecule has 0 bridgehead atoms. The molecule has 0 fully saturated rings. The van der Waals surface area contributed by atoms with Gasteiger partial charge in [-0.1, -0.05) is 17.7 Å². The van der Waals surface area contributed by atoms with E-state index in [1.165, 1.54) is 12.1 Å². The van der Waals surface area contributed by atoms with E-state index in [0.717, 1.165) is 12.7 Å². The highest BCUT2D eigenvalue weighted by Gasteiger charge is 2.16. The summed E-state index contributed by atoms with van der Waals surface area (Å²) in [5.41, 5.74) is 4.95. The molecule has 2 N–H and O–H groups in total. The Morgan fingerprint density at radius 2 is 1.75 bits per heavy atom. The van der Waals surface area contributed by atoms with E-state index in [4.69, 9.17) is 0 Å². The van der Waals surface area contributed by atoms with E-state index in [-0.39, 0.29) is 17.1 Å². The predicted octanol–water partition coefficient (Wildman–Crippen LogP) is 0.546. The SMILES string of the molecule is COC(=O)NNC(=O)CCS(=O)(=O)c1ccc(C)cc1. The second-order valence-electron chi connectivity index (χ2n) is 4.05. The van der Waals surface area contributed by atoms with Crippen molar-refractivity contribution in [3.8, 4) is 0 Å². The standard InChI is InChI=1S/C12H16N2O5S/c1-9-3-5-10(6-4-9)20(17,18)8-7-11(15)13-14-12(16)19-2/h3-6H,7-8H2,1-2H3,(H,13,15)(H,14,16). The average Bonchev–Trinajstić information content (AvgIpc) is 2.43. The number of amides is 2. The molecule has 7 nitrogen and oxygen atoms in total. The molecule has 0 aliphatic rings. The molecule has 0 aliphatic heterocycles.